The first-order chi connectivity index (χ1) is 6.61. The highest BCUT2D eigenvalue weighted by Gasteiger charge is 2.19. The average Bonchev–Trinajstić information content (AvgIpc) is 2.45. The minimum absolute atomic E-state index is 0.118. The molecule has 0 aliphatic carbocycles. The molecule has 2 rings (SSSR count). The minimum Gasteiger partial charge on any atom is -0.258 e. The zero-order valence-corrected chi connectivity index (χ0v) is 10.6. The van der Waals surface area contributed by atoms with Gasteiger partial charge in [-0.25, -0.2) is 0 Å². The SMILES string of the molecule is O=[N+]([O-])c1sc2cccc(I)c2c1S. The molecule has 0 atom stereocenters. The third kappa shape index (κ3) is 1.51. The lowest BCUT2D eigenvalue weighted by Gasteiger charge is -1.92. The van der Waals surface area contributed by atoms with Crippen LogP contribution in [0.25, 0.3) is 10.1 Å². The van der Waals surface area contributed by atoms with Gasteiger partial charge in [-0.05, 0) is 34.7 Å². The fraction of sp³-hybridized carbons (Fsp3) is 0. The summed E-state index contributed by atoms with van der Waals surface area (Å²) in [4.78, 5) is 10.8. The number of nitrogens with zero attached hydrogens (tertiary/aromatic N) is 1. The van der Waals surface area contributed by atoms with Crippen molar-refractivity contribution in [2.75, 3.05) is 0 Å². The van der Waals surface area contributed by atoms with Crippen LogP contribution in [0.5, 0.6) is 0 Å². The Hall–Kier alpha value is -0.340. The molecular weight excluding hydrogens is 333 g/mol. The molecule has 0 aliphatic heterocycles. The van der Waals surface area contributed by atoms with Gasteiger partial charge in [-0.3, -0.25) is 10.1 Å². The van der Waals surface area contributed by atoms with Crippen LogP contribution < -0.4 is 0 Å². The van der Waals surface area contributed by atoms with Gasteiger partial charge in [-0.15, -0.1) is 12.6 Å². The fourth-order valence-corrected chi connectivity index (χ4v) is 3.84. The van der Waals surface area contributed by atoms with Gasteiger partial charge in [0, 0.05) is 13.7 Å². The second-order valence-corrected chi connectivity index (χ2v) is 5.27. The van der Waals surface area contributed by atoms with Crippen LogP contribution in [0.2, 0.25) is 0 Å². The molecule has 0 bridgehead atoms. The number of fused-ring (bicyclic) bond motifs is 1. The summed E-state index contributed by atoms with van der Waals surface area (Å²) >= 11 is 7.51. The van der Waals surface area contributed by atoms with Gasteiger partial charge in [0.2, 0.25) is 0 Å². The average molecular weight is 337 g/mol. The number of hydrogen-bond donors (Lipinski definition) is 1. The lowest BCUT2D eigenvalue weighted by Crippen LogP contribution is -1.83. The van der Waals surface area contributed by atoms with E-state index in [0.29, 0.717) is 4.90 Å². The molecule has 0 aliphatic rings. The van der Waals surface area contributed by atoms with Crippen LogP contribution in [-0.2, 0) is 0 Å². The van der Waals surface area contributed by atoms with Crippen molar-refractivity contribution >= 4 is 61.6 Å². The Balaban J connectivity index is 2.87. The van der Waals surface area contributed by atoms with Crippen molar-refractivity contribution in [2.24, 2.45) is 0 Å². The molecule has 0 N–H and O–H groups in total. The molecule has 0 radical (unpaired) electrons. The predicted octanol–water partition coefficient (Wildman–Crippen LogP) is 3.70. The summed E-state index contributed by atoms with van der Waals surface area (Å²) < 4.78 is 1.91. The van der Waals surface area contributed by atoms with Crippen LogP contribution >= 0.6 is 46.6 Å². The highest BCUT2D eigenvalue weighted by atomic mass is 127. The van der Waals surface area contributed by atoms with Crippen molar-refractivity contribution in [1.29, 1.82) is 0 Å². The molecule has 0 saturated carbocycles. The molecule has 72 valence electrons. The summed E-state index contributed by atoms with van der Waals surface area (Å²) in [5.74, 6) is 0. The van der Waals surface area contributed by atoms with Gasteiger partial charge in [-0.1, -0.05) is 17.4 Å². The monoisotopic (exact) mass is 337 g/mol. The zero-order chi connectivity index (χ0) is 10.3. The highest BCUT2D eigenvalue weighted by molar-refractivity contribution is 14.1. The standard InChI is InChI=1S/C8H4INO2S2/c9-4-2-1-3-5-6(4)7(13)8(14-5)10(11)12/h1-3,13H. The highest BCUT2D eigenvalue weighted by Crippen LogP contribution is 2.41. The Labute approximate surface area is 103 Å². The third-order valence-electron chi connectivity index (χ3n) is 1.79. The van der Waals surface area contributed by atoms with Gasteiger partial charge in [0.1, 0.15) is 4.90 Å². The predicted molar refractivity (Wildman–Crippen MR) is 68.4 cm³/mol. The third-order valence-corrected chi connectivity index (χ3v) is 4.38. The second-order valence-electron chi connectivity index (χ2n) is 2.63. The summed E-state index contributed by atoms with van der Waals surface area (Å²) in [5.41, 5.74) is 0. The Morgan fingerprint density at radius 3 is 2.79 bits per heavy atom. The minimum atomic E-state index is -0.386. The summed E-state index contributed by atoms with van der Waals surface area (Å²) in [7, 11) is 0. The first-order valence-corrected chi connectivity index (χ1v) is 6.00. The van der Waals surface area contributed by atoms with Gasteiger partial charge < -0.3 is 0 Å². The molecule has 1 aromatic heterocycles. The maximum absolute atomic E-state index is 10.7. The van der Waals surface area contributed by atoms with Crippen LogP contribution in [0.1, 0.15) is 0 Å². The maximum Gasteiger partial charge on any atom is 0.338 e. The largest absolute Gasteiger partial charge is 0.338 e. The number of nitro groups is 1. The van der Waals surface area contributed by atoms with Crippen molar-refractivity contribution in [3.8, 4) is 0 Å². The fourth-order valence-electron chi connectivity index (χ4n) is 1.20. The van der Waals surface area contributed by atoms with E-state index in [1.807, 2.05) is 18.2 Å². The number of thiol groups is 1. The van der Waals surface area contributed by atoms with Crippen LogP contribution in [0.3, 0.4) is 0 Å². The molecule has 14 heavy (non-hydrogen) atoms. The molecule has 2 aromatic rings. The van der Waals surface area contributed by atoms with E-state index >= 15 is 0 Å². The maximum atomic E-state index is 10.7. The molecule has 0 spiro atoms. The van der Waals surface area contributed by atoms with Crippen LogP contribution in [0, 0.1) is 13.7 Å². The molecule has 3 nitrogen and oxygen atoms in total. The van der Waals surface area contributed by atoms with E-state index in [9.17, 15) is 10.1 Å². The van der Waals surface area contributed by atoms with Gasteiger partial charge in [0.25, 0.3) is 0 Å². The Bertz CT molecular complexity index is 523. The first kappa shape index (κ1) is 10.2. The van der Waals surface area contributed by atoms with Gasteiger partial charge in [-0.2, -0.15) is 0 Å². The van der Waals surface area contributed by atoms with Crippen molar-refractivity contribution in [3.63, 3.8) is 0 Å². The van der Waals surface area contributed by atoms with Crippen molar-refractivity contribution in [3.05, 3.63) is 31.9 Å². The van der Waals surface area contributed by atoms with E-state index in [0.717, 1.165) is 13.7 Å². The van der Waals surface area contributed by atoms with Gasteiger partial charge in [0.15, 0.2) is 0 Å². The van der Waals surface area contributed by atoms with Crippen LogP contribution in [-0.4, -0.2) is 4.92 Å². The molecular formula is C8H4INO2S2. The van der Waals surface area contributed by atoms with Crippen LogP contribution in [0.4, 0.5) is 5.00 Å². The zero-order valence-electron chi connectivity index (χ0n) is 6.73. The van der Waals surface area contributed by atoms with E-state index in [4.69, 9.17) is 0 Å². The Morgan fingerprint density at radius 1 is 1.50 bits per heavy atom. The Kier molecular flexibility index (Phi) is 2.67. The van der Waals surface area contributed by atoms with E-state index in [1.165, 1.54) is 11.3 Å². The molecule has 6 heteroatoms. The van der Waals surface area contributed by atoms with E-state index in [1.54, 1.807) is 0 Å². The molecule has 1 heterocycles. The lowest BCUT2D eigenvalue weighted by atomic mass is 10.3. The number of benzene rings is 1. The van der Waals surface area contributed by atoms with Gasteiger partial charge in [0.05, 0.1) is 4.92 Å². The molecule has 0 saturated heterocycles. The normalized spacial score (nSPS) is 10.7. The van der Waals surface area contributed by atoms with E-state index in [2.05, 4.69) is 35.2 Å². The lowest BCUT2D eigenvalue weighted by molar-refractivity contribution is -0.382. The molecule has 0 amide bonds. The topological polar surface area (TPSA) is 43.1 Å². The van der Waals surface area contributed by atoms with Crippen molar-refractivity contribution < 1.29 is 4.92 Å². The number of hydrogen-bond acceptors (Lipinski definition) is 4. The number of thiophene rings is 1. The second kappa shape index (κ2) is 3.67. The number of halogens is 1. The Morgan fingerprint density at radius 2 is 2.21 bits per heavy atom. The summed E-state index contributed by atoms with van der Waals surface area (Å²) in [6.07, 6.45) is 0. The quantitative estimate of drug-likeness (QED) is 0.373. The van der Waals surface area contributed by atoms with E-state index in [-0.39, 0.29) is 9.92 Å². The smallest absolute Gasteiger partial charge is 0.258 e. The summed E-state index contributed by atoms with van der Waals surface area (Å²) in [6, 6.07) is 5.67. The number of rotatable bonds is 1. The van der Waals surface area contributed by atoms with Gasteiger partial charge >= 0.3 is 5.00 Å². The van der Waals surface area contributed by atoms with Crippen molar-refractivity contribution in [2.45, 2.75) is 4.90 Å². The summed E-state index contributed by atoms with van der Waals surface area (Å²) in [5, 5.41) is 11.7. The molecule has 1 aromatic carbocycles. The van der Waals surface area contributed by atoms with E-state index < -0.39 is 0 Å². The first-order valence-electron chi connectivity index (χ1n) is 3.65. The van der Waals surface area contributed by atoms with Crippen LogP contribution in [0.15, 0.2) is 23.1 Å². The summed E-state index contributed by atoms with van der Waals surface area (Å²) in [6.45, 7) is 0. The molecule has 0 fully saturated rings. The molecule has 0 unspecified atom stereocenters. The van der Waals surface area contributed by atoms with Crippen molar-refractivity contribution in [1.82, 2.24) is 0 Å².